The van der Waals surface area contributed by atoms with Crippen LogP contribution in [0.25, 0.3) is 0 Å². The maximum absolute atomic E-state index is 13.2. The number of hydrogen-bond donors (Lipinski definition) is 3. The predicted octanol–water partition coefficient (Wildman–Crippen LogP) is 0.575. The molecular weight excluding hydrogens is 327 g/mol. The molecule has 1 aromatic rings. The van der Waals surface area contributed by atoms with Crippen molar-refractivity contribution < 1.29 is 17.9 Å². The molecule has 0 aliphatic heterocycles. The van der Waals surface area contributed by atoms with Gasteiger partial charge in [0.05, 0.1) is 15.5 Å². The average Bonchev–Trinajstić information content (AvgIpc) is 2.29. The predicted molar refractivity (Wildman–Crippen MR) is 68.9 cm³/mol. The lowest BCUT2D eigenvalue weighted by molar-refractivity contribution is 0.164. The Kier molecular flexibility index (Phi) is 5.23. The third kappa shape index (κ3) is 3.99. The lowest BCUT2D eigenvalue weighted by Crippen LogP contribution is -2.43. The zero-order valence-electron chi connectivity index (χ0n) is 9.60. The molecule has 5 nitrogen and oxygen atoms in total. The molecule has 0 saturated heterocycles. The van der Waals surface area contributed by atoms with E-state index in [1.807, 2.05) is 0 Å². The van der Waals surface area contributed by atoms with E-state index >= 15 is 0 Å². The third-order valence-electron chi connectivity index (χ3n) is 2.33. The van der Waals surface area contributed by atoms with Crippen LogP contribution in [0.4, 0.5) is 4.39 Å². The van der Waals surface area contributed by atoms with Crippen LogP contribution in [0.2, 0.25) is 0 Å². The lowest BCUT2D eigenvalue weighted by Gasteiger charge is -2.15. The van der Waals surface area contributed by atoms with Crippen LogP contribution in [-0.4, -0.2) is 32.2 Å². The van der Waals surface area contributed by atoms with Gasteiger partial charge in [0.25, 0.3) is 0 Å². The summed E-state index contributed by atoms with van der Waals surface area (Å²) in [6, 6.07) is 2.75. The zero-order valence-corrected chi connectivity index (χ0v) is 12.0. The number of aliphatic hydroxyl groups is 1. The van der Waals surface area contributed by atoms with Crippen molar-refractivity contribution >= 4 is 26.0 Å². The number of halogens is 2. The van der Waals surface area contributed by atoms with Gasteiger partial charge in [0.1, 0.15) is 5.82 Å². The van der Waals surface area contributed by atoms with Crippen molar-refractivity contribution in [1.82, 2.24) is 4.72 Å². The molecule has 0 heterocycles. The van der Waals surface area contributed by atoms with E-state index in [0.717, 1.165) is 6.07 Å². The maximum Gasteiger partial charge on any atom is 0.240 e. The summed E-state index contributed by atoms with van der Waals surface area (Å²) in [4.78, 5) is -0.194. The molecule has 0 aliphatic carbocycles. The summed E-state index contributed by atoms with van der Waals surface area (Å²) >= 11 is 2.93. The second-order valence-corrected chi connectivity index (χ2v) is 6.45. The van der Waals surface area contributed by atoms with E-state index in [2.05, 4.69) is 20.7 Å². The fourth-order valence-electron chi connectivity index (χ4n) is 1.10. The summed E-state index contributed by atoms with van der Waals surface area (Å²) in [6.07, 6.45) is -0.839. The molecule has 0 saturated carbocycles. The third-order valence-corrected chi connectivity index (χ3v) is 4.39. The first kappa shape index (κ1) is 15.5. The van der Waals surface area contributed by atoms with Crippen molar-refractivity contribution in [3.8, 4) is 0 Å². The maximum atomic E-state index is 13.2. The van der Waals surface area contributed by atoms with Crippen LogP contribution >= 0.6 is 15.9 Å². The molecule has 0 aliphatic rings. The molecule has 102 valence electrons. The highest BCUT2D eigenvalue weighted by Crippen LogP contribution is 2.19. The number of aliphatic hydroxyl groups excluding tert-OH is 1. The van der Waals surface area contributed by atoms with E-state index < -0.39 is 28.0 Å². The van der Waals surface area contributed by atoms with Gasteiger partial charge >= 0.3 is 0 Å². The van der Waals surface area contributed by atoms with Gasteiger partial charge in [-0.3, -0.25) is 0 Å². The Hall–Kier alpha value is -0.540. The van der Waals surface area contributed by atoms with Gasteiger partial charge in [0.2, 0.25) is 10.0 Å². The number of nitrogens with one attached hydrogen (secondary N) is 1. The van der Waals surface area contributed by atoms with Crippen molar-refractivity contribution in [3.05, 3.63) is 28.5 Å². The van der Waals surface area contributed by atoms with Gasteiger partial charge in [0, 0.05) is 12.6 Å². The smallest absolute Gasteiger partial charge is 0.240 e. The van der Waals surface area contributed by atoms with Gasteiger partial charge in [-0.1, -0.05) is 0 Å². The molecule has 0 amide bonds. The SMILES string of the molecule is CC(O)C(N)CNS(=O)(=O)c1ccc(Br)c(F)c1. The second kappa shape index (κ2) is 6.07. The van der Waals surface area contributed by atoms with Crippen LogP contribution in [0.5, 0.6) is 0 Å². The van der Waals surface area contributed by atoms with E-state index in [1.54, 1.807) is 0 Å². The van der Waals surface area contributed by atoms with E-state index in [0.29, 0.717) is 0 Å². The summed E-state index contributed by atoms with van der Waals surface area (Å²) in [5.74, 6) is -0.669. The van der Waals surface area contributed by atoms with Crippen LogP contribution < -0.4 is 10.5 Å². The molecule has 0 fully saturated rings. The van der Waals surface area contributed by atoms with Gasteiger partial charge in [-0.25, -0.2) is 17.5 Å². The summed E-state index contributed by atoms with van der Waals surface area (Å²) in [5.41, 5.74) is 5.50. The van der Waals surface area contributed by atoms with Crippen molar-refractivity contribution in [1.29, 1.82) is 0 Å². The first-order valence-corrected chi connectivity index (χ1v) is 7.40. The molecule has 0 spiro atoms. The zero-order chi connectivity index (χ0) is 13.9. The van der Waals surface area contributed by atoms with Gasteiger partial charge in [0.15, 0.2) is 0 Å². The summed E-state index contributed by atoms with van der Waals surface area (Å²) in [6.45, 7) is 1.33. The van der Waals surface area contributed by atoms with E-state index in [4.69, 9.17) is 10.8 Å². The molecule has 2 unspecified atom stereocenters. The van der Waals surface area contributed by atoms with Crippen LogP contribution in [0.1, 0.15) is 6.92 Å². The Bertz CT molecular complexity index is 522. The Balaban J connectivity index is 2.83. The Morgan fingerprint density at radius 1 is 1.56 bits per heavy atom. The van der Waals surface area contributed by atoms with E-state index in [-0.39, 0.29) is 15.9 Å². The van der Waals surface area contributed by atoms with Gasteiger partial charge in [-0.2, -0.15) is 0 Å². The molecule has 18 heavy (non-hydrogen) atoms. The number of hydrogen-bond acceptors (Lipinski definition) is 4. The molecule has 8 heteroatoms. The minimum atomic E-state index is -3.83. The molecule has 2 atom stereocenters. The van der Waals surface area contributed by atoms with Crippen molar-refractivity contribution in [2.45, 2.75) is 24.0 Å². The summed E-state index contributed by atoms with van der Waals surface area (Å²) in [5, 5.41) is 9.14. The topological polar surface area (TPSA) is 92.4 Å². The minimum Gasteiger partial charge on any atom is -0.392 e. The number of benzene rings is 1. The first-order chi connectivity index (χ1) is 8.24. The fraction of sp³-hybridized carbons (Fsp3) is 0.400. The Morgan fingerprint density at radius 2 is 2.17 bits per heavy atom. The number of rotatable bonds is 5. The fourth-order valence-corrected chi connectivity index (χ4v) is 2.43. The van der Waals surface area contributed by atoms with Gasteiger partial charge in [-0.05, 0) is 41.1 Å². The normalized spacial score (nSPS) is 15.4. The highest BCUT2D eigenvalue weighted by Gasteiger charge is 2.18. The molecular formula is C10H14BrFN2O3S. The minimum absolute atomic E-state index is 0.127. The Morgan fingerprint density at radius 3 is 2.67 bits per heavy atom. The molecule has 4 N–H and O–H groups in total. The Labute approximate surface area is 113 Å². The van der Waals surface area contributed by atoms with Crippen molar-refractivity contribution in [2.75, 3.05) is 6.54 Å². The monoisotopic (exact) mass is 340 g/mol. The van der Waals surface area contributed by atoms with Crippen LogP contribution in [0.15, 0.2) is 27.6 Å². The quantitative estimate of drug-likeness (QED) is 0.730. The molecule has 0 aromatic heterocycles. The van der Waals surface area contributed by atoms with Crippen LogP contribution in [0.3, 0.4) is 0 Å². The van der Waals surface area contributed by atoms with Crippen LogP contribution in [0, 0.1) is 5.82 Å². The number of sulfonamides is 1. The summed E-state index contributed by atoms with van der Waals surface area (Å²) < 4.78 is 39.2. The van der Waals surface area contributed by atoms with Crippen molar-refractivity contribution in [2.24, 2.45) is 5.73 Å². The van der Waals surface area contributed by atoms with Gasteiger partial charge in [-0.15, -0.1) is 0 Å². The highest BCUT2D eigenvalue weighted by atomic mass is 79.9. The van der Waals surface area contributed by atoms with Gasteiger partial charge < -0.3 is 10.8 Å². The standard InChI is InChI=1S/C10H14BrFN2O3S/c1-6(15)10(13)5-14-18(16,17)7-2-3-8(11)9(12)4-7/h2-4,6,10,14-15H,5,13H2,1H3. The molecule has 1 rings (SSSR count). The van der Waals surface area contributed by atoms with E-state index in [9.17, 15) is 12.8 Å². The molecule has 1 aromatic carbocycles. The van der Waals surface area contributed by atoms with E-state index in [1.165, 1.54) is 19.1 Å². The largest absolute Gasteiger partial charge is 0.392 e. The lowest BCUT2D eigenvalue weighted by atomic mass is 10.2. The number of nitrogens with two attached hydrogens (primary N) is 1. The molecule has 0 radical (unpaired) electrons. The first-order valence-electron chi connectivity index (χ1n) is 5.12. The highest BCUT2D eigenvalue weighted by molar-refractivity contribution is 9.10. The summed E-state index contributed by atoms with van der Waals surface area (Å²) in [7, 11) is -3.83. The van der Waals surface area contributed by atoms with Crippen LogP contribution in [-0.2, 0) is 10.0 Å². The molecule has 0 bridgehead atoms. The van der Waals surface area contributed by atoms with Crippen molar-refractivity contribution in [3.63, 3.8) is 0 Å². The average molecular weight is 341 g/mol. The second-order valence-electron chi connectivity index (χ2n) is 3.83.